The summed E-state index contributed by atoms with van der Waals surface area (Å²) in [5.74, 6) is -0.232. The molecule has 6 nitrogen and oxygen atoms in total. The molecule has 0 saturated carbocycles. The smallest absolute Gasteiger partial charge is 0.258 e. The Morgan fingerprint density at radius 3 is 2.47 bits per heavy atom. The molecule has 2 aromatic rings. The summed E-state index contributed by atoms with van der Waals surface area (Å²) in [7, 11) is 1.84. The number of aromatic nitrogens is 4. The van der Waals surface area contributed by atoms with Crippen LogP contribution < -0.4 is 5.32 Å². The lowest BCUT2D eigenvalue weighted by molar-refractivity contribution is 0.102. The summed E-state index contributed by atoms with van der Waals surface area (Å²) in [5.41, 5.74) is 2.86. The van der Waals surface area contributed by atoms with Crippen molar-refractivity contribution in [3.8, 4) is 0 Å². The van der Waals surface area contributed by atoms with Crippen molar-refractivity contribution in [1.82, 2.24) is 19.7 Å². The molecule has 0 aromatic carbocycles. The van der Waals surface area contributed by atoms with Gasteiger partial charge in [0.25, 0.3) is 5.91 Å². The molecule has 0 spiro atoms. The number of amides is 1. The van der Waals surface area contributed by atoms with E-state index in [0.29, 0.717) is 5.56 Å². The summed E-state index contributed by atoms with van der Waals surface area (Å²) in [6.45, 7) is 3.75. The van der Waals surface area contributed by atoms with Crippen LogP contribution in [-0.4, -0.2) is 25.7 Å². The number of aryl methyl sites for hydroxylation is 2. The Morgan fingerprint density at radius 2 is 1.94 bits per heavy atom. The highest BCUT2D eigenvalue weighted by atomic mass is 16.1. The van der Waals surface area contributed by atoms with Crippen molar-refractivity contribution in [1.29, 1.82) is 0 Å². The van der Waals surface area contributed by atoms with E-state index >= 15 is 0 Å². The van der Waals surface area contributed by atoms with Crippen LogP contribution in [0.4, 0.5) is 5.69 Å². The highest BCUT2D eigenvalue weighted by molar-refractivity contribution is 6.04. The Bertz CT molecular complexity index is 546. The highest BCUT2D eigenvalue weighted by Crippen LogP contribution is 2.18. The number of anilines is 1. The van der Waals surface area contributed by atoms with Gasteiger partial charge < -0.3 is 5.32 Å². The van der Waals surface area contributed by atoms with Crippen LogP contribution >= 0.6 is 0 Å². The molecule has 0 aliphatic rings. The van der Waals surface area contributed by atoms with Gasteiger partial charge in [-0.15, -0.1) is 0 Å². The van der Waals surface area contributed by atoms with Crippen LogP contribution in [0.5, 0.6) is 0 Å². The lowest BCUT2D eigenvalue weighted by Crippen LogP contribution is -2.13. The normalized spacial score (nSPS) is 10.3. The van der Waals surface area contributed by atoms with Gasteiger partial charge in [-0.25, -0.2) is 9.97 Å². The number of rotatable bonds is 2. The van der Waals surface area contributed by atoms with Gasteiger partial charge in [0.15, 0.2) is 0 Å². The van der Waals surface area contributed by atoms with Crippen LogP contribution in [0.3, 0.4) is 0 Å². The molecule has 0 aliphatic carbocycles. The van der Waals surface area contributed by atoms with Crippen molar-refractivity contribution in [2.75, 3.05) is 5.32 Å². The van der Waals surface area contributed by atoms with E-state index < -0.39 is 0 Å². The molecule has 2 heterocycles. The summed E-state index contributed by atoms with van der Waals surface area (Å²) in [6, 6.07) is 0. The van der Waals surface area contributed by atoms with E-state index in [-0.39, 0.29) is 5.91 Å². The summed E-state index contributed by atoms with van der Waals surface area (Å²) in [5, 5.41) is 7.04. The zero-order chi connectivity index (χ0) is 12.4. The molecular weight excluding hydrogens is 218 g/mol. The van der Waals surface area contributed by atoms with E-state index in [4.69, 9.17) is 0 Å². The first kappa shape index (κ1) is 11.3. The van der Waals surface area contributed by atoms with Crippen molar-refractivity contribution in [3.05, 3.63) is 35.7 Å². The number of hydrogen-bond donors (Lipinski definition) is 1. The van der Waals surface area contributed by atoms with Crippen molar-refractivity contribution in [2.24, 2.45) is 7.05 Å². The molecule has 0 unspecified atom stereocenters. The highest BCUT2D eigenvalue weighted by Gasteiger charge is 2.13. The third-order valence-electron chi connectivity index (χ3n) is 2.57. The number of carbonyl (C=O) groups is 1. The van der Waals surface area contributed by atoms with Crippen molar-refractivity contribution < 1.29 is 4.79 Å². The Kier molecular flexibility index (Phi) is 2.86. The SMILES string of the molecule is Cc1nn(C)c(C)c1NC(=O)c1cncnc1. The number of nitrogens with zero attached hydrogens (tertiary/aromatic N) is 4. The van der Waals surface area contributed by atoms with E-state index in [1.807, 2.05) is 20.9 Å². The predicted octanol–water partition coefficient (Wildman–Crippen LogP) is 1.08. The minimum atomic E-state index is -0.232. The third kappa shape index (κ3) is 2.15. The maximum Gasteiger partial charge on any atom is 0.258 e. The fraction of sp³-hybridized carbons (Fsp3) is 0.273. The monoisotopic (exact) mass is 231 g/mol. The fourth-order valence-corrected chi connectivity index (χ4v) is 1.56. The second kappa shape index (κ2) is 4.32. The van der Waals surface area contributed by atoms with Gasteiger partial charge in [0.1, 0.15) is 6.33 Å². The quantitative estimate of drug-likeness (QED) is 0.839. The van der Waals surface area contributed by atoms with Gasteiger partial charge in [-0.1, -0.05) is 0 Å². The molecule has 1 amide bonds. The Labute approximate surface area is 98.7 Å². The fourth-order valence-electron chi connectivity index (χ4n) is 1.56. The van der Waals surface area contributed by atoms with E-state index in [2.05, 4.69) is 20.4 Å². The summed E-state index contributed by atoms with van der Waals surface area (Å²) in [4.78, 5) is 19.5. The van der Waals surface area contributed by atoms with Gasteiger partial charge in [0.05, 0.1) is 22.6 Å². The second-order valence-corrected chi connectivity index (χ2v) is 3.75. The minimum absolute atomic E-state index is 0.232. The Balaban J connectivity index is 2.25. The largest absolute Gasteiger partial charge is 0.319 e. The molecule has 0 atom stereocenters. The van der Waals surface area contributed by atoms with Gasteiger partial charge in [-0.3, -0.25) is 9.48 Å². The van der Waals surface area contributed by atoms with Gasteiger partial charge in [-0.05, 0) is 13.8 Å². The molecule has 17 heavy (non-hydrogen) atoms. The lowest BCUT2D eigenvalue weighted by atomic mass is 10.2. The Hall–Kier alpha value is -2.24. The first-order valence-corrected chi connectivity index (χ1v) is 5.16. The molecule has 2 rings (SSSR count). The first-order chi connectivity index (χ1) is 8.09. The molecule has 2 aromatic heterocycles. The molecule has 88 valence electrons. The maximum absolute atomic E-state index is 11.9. The molecule has 0 saturated heterocycles. The van der Waals surface area contributed by atoms with E-state index in [0.717, 1.165) is 17.1 Å². The van der Waals surface area contributed by atoms with E-state index in [1.54, 1.807) is 4.68 Å². The number of carbonyl (C=O) groups excluding carboxylic acids is 1. The van der Waals surface area contributed by atoms with Crippen LogP contribution in [0, 0.1) is 13.8 Å². The van der Waals surface area contributed by atoms with Gasteiger partial charge in [0.2, 0.25) is 0 Å². The van der Waals surface area contributed by atoms with E-state index in [1.165, 1.54) is 18.7 Å². The topological polar surface area (TPSA) is 72.7 Å². The molecular formula is C11H13N5O. The third-order valence-corrected chi connectivity index (χ3v) is 2.57. The summed E-state index contributed by atoms with van der Waals surface area (Å²) >= 11 is 0. The molecule has 0 bridgehead atoms. The second-order valence-electron chi connectivity index (χ2n) is 3.75. The number of nitrogens with one attached hydrogen (secondary N) is 1. The zero-order valence-corrected chi connectivity index (χ0v) is 9.93. The van der Waals surface area contributed by atoms with Crippen LogP contribution in [-0.2, 0) is 7.05 Å². The van der Waals surface area contributed by atoms with Crippen molar-refractivity contribution >= 4 is 11.6 Å². The molecule has 0 radical (unpaired) electrons. The van der Waals surface area contributed by atoms with Crippen LogP contribution in [0.1, 0.15) is 21.7 Å². The zero-order valence-electron chi connectivity index (χ0n) is 9.93. The van der Waals surface area contributed by atoms with Crippen LogP contribution in [0.2, 0.25) is 0 Å². The molecule has 1 N–H and O–H groups in total. The first-order valence-electron chi connectivity index (χ1n) is 5.16. The maximum atomic E-state index is 11.9. The van der Waals surface area contributed by atoms with Crippen LogP contribution in [0.15, 0.2) is 18.7 Å². The van der Waals surface area contributed by atoms with Gasteiger partial charge >= 0.3 is 0 Å². The average Bonchev–Trinajstić information content (AvgIpc) is 2.57. The van der Waals surface area contributed by atoms with Crippen molar-refractivity contribution in [3.63, 3.8) is 0 Å². The lowest BCUT2D eigenvalue weighted by Gasteiger charge is -2.04. The average molecular weight is 231 g/mol. The summed E-state index contributed by atoms with van der Waals surface area (Å²) in [6.07, 6.45) is 4.34. The van der Waals surface area contributed by atoms with E-state index in [9.17, 15) is 4.79 Å². The Morgan fingerprint density at radius 1 is 1.29 bits per heavy atom. The van der Waals surface area contributed by atoms with Gasteiger partial charge in [0, 0.05) is 19.4 Å². The summed E-state index contributed by atoms with van der Waals surface area (Å²) < 4.78 is 1.73. The predicted molar refractivity (Wildman–Crippen MR) is 62.7 cm³/mol. The van der Waals surface area contributed by atoms with Crippen LogP contribution in [0.25, 0.3) is 0 Å². The minimum Gasteiger partial charge on any atom is -0.319 e. The molecule has 6 heteroatoms. The van der Waals surface area contributed by atoms with Crippen molar-refractivity contribution in [2.45, 2.75) is 13.8 Å². The number of hydrogen-bond acceptors (Lipinski definition) is 4. The molecule has 0 aliphatic heterocycles. The standard InChI is InChI=1S/C11H13N5O/c1-7-10(8(2)16(3)15-7)14-11(17)9-4-12-6-13-5-9/h4-6H,1-3H3,(H,14,17). The van der Waals surface area contributed by atoms with Gasteiger partial charge in [-0.2, -0.15) is 5.10 Å². The molecule has 0 fully saturated rings.